The number of ether oxygens (including phenoxy) is 3. The third-order valence-corrected chi connectivity index (χ3v) is 12.0. The van der Waals surface area contributed by atoms with E-state index in [0.717, 1.165) is 56.9 Å². The molecule has 0 aromatic heterocycles. The van der Waals surface area contributed by atoms with Gasteiger partial charge in [-0.05, 0) is 112 Å². The lowest BCUT2D eigenvalue weighted by molar-refractivity contribution is -0.241. The molecule has 35 heavy (non-hydrogen) atoms. The average molecular weight is 488 g/mol. The van der Waals surface area contributed by atoms with Crippen molar-refractivity contribution in [1.82, 2.24) is 0 Å². The van der Waals surface area contributed by atoms with Crippen LogP contribution < -0.4 is 5.73 Å². The zero-order valence-corrected chi connectivity index (χ0v) is 21.8. The summed E-state index contributed by atoms with van der Waals surface area (Å²) in [6.07, 6.45) is 13.5. The first-order valence-electron chi connectivity index (χ1n) is 14.3. The summed E-state index contributed by atoms with van der Waals surface area (Å²) in [5, 5.41) is 12.4. The van der Waals surface area contributed by atoms with Gasteiger partial charge in [0.25, 0.3) is 0 Å². The maximum absolute atomic E-state index is 12.4. The van der Waals surface area contributed by atoms with Crippen LogP contribution in [0.5, 0.6) is 0 Å². The predicted octanol–water partition coefficient (Wildman–Crippen LogP) is 4.48. The maximum atomic E-state index is 12.4. The predicted molar refractivity (Wildman–Crippen MR) is 132 cm³/mol. The molecule has 0 aromatic carbocycles. The van der Waals surface area contributed by atoms with Crippen LogP contribution in [0.15, 0.2) is 11.6 Å². The molecule has 196 valence electrons. The summed E-state index contributed by atoms with van der Waals surface area (Å²) in [4.78, 5) is 11.8. The number of cyclic esters (lactones) is 1. The molecule has 0 bridgehead atoms. The molecule has 3 N–H and O–H groups in total. The number of nitrogens with two attached hydrogens (primary N) is 1. The third-order valence-electron chi connectivity index (χ3n) is 12.0. The van der Waals surface area contributed by atoms with Crippen molar-refractivity contribution < 1.29 is 24.1 Å². The van der Waals surface area contributed by atoms with Gasteiger partial charge in [0.1, 0.15) is 6.61 Å². The van der Waals surface area contributed by atoms with Gasteiger partial charge in [0, 0.05) is 17.5 Å². The minimum atomic E-state index is -0.640. The monoisotopic (exact) mass is 487 g/mol. The summed E-state index contributed by atoms with van der Waals surface area (Å²) in [5.41, 5.74) is 6.71. The van der Waals surface area contributed by atoms with Gasteiger partial charge in [-0.15, -0.1) is 0 Å². The second kappa shape index (κ2) is 8.54. The molecule has 11 unspecified atom stereocenters. The van der Waals surface area contributed by atoms with Crippen LogP contribution in [0.3, 0.4) is 0 Å². The number of hydrogen-bond donors (Lipinski definition) is 2. The molecule has 2 aliphatic heterocycles. The fourth-order valence-corrected chi connectivity index (χ4v) is 9.78. The standard InChI is InChI=1S/C29H45NO5/c1-17-24(30)6-7-26(34-17)35-20-8-11-27(2)19(15-20)4-5-23-22(27)9-12-28(3)21(10-13-29(23,28)32)18-14-25(31)33-16-18/h14,17,19-24,26,32H,4-13,15-16,30H2,1-3H3. The van der Waals surface area contributed by atoms with E-state index >= 15 is 0 Å². The highest BCUT2D eigenvalue weighted by atomic mass is 16.7. The lowest BCUT2D eigenvalue weighted by Gasteiger charge is -2.63. The van der Waals surface area contributed by atoms with Crippen LogP contribution in [0.25, 0.3) is 0 Å². The van der Waals surface area contributed by atoms with Gasteiger partial charge >= 0.3 is 5.97 Å². The molecular weight excluding hydrogens is 442 g/mol. The Morgan fingerprint density at radius 1 is 1.03 bits per heavy atom. The second-order valence-corrected chi connectivity index (χ2v) is 13.3. The number of carbonyl (C=O) groups is 1. The first-order valence-corrected chi connectivity index (χ1v) is 14.3. The molecule has 0 amide bonds. The fraction of sp³-hybridized carbons (Fsp3) is 0.897. The van der Waals surface area contributed by atoms with Crippen LogP contribution in [0.2, 0.25) is 0 Å². The number of esters is 1. The Morgan fingerprint density at radius 2 is 1.86 bits per heavy atom. The van der Waals surface area contributed by atoms with E-state index < -0.39 is 5.60 Å². The molecule has 0 aromatic rings. The van der Waals surface area contributed by atoms with Crippen molar-refractivity contribution in [3.63, 3.8) is 0 Å². The summed E-state index contributed by atoms with van der Waals surface area (Å²) in [7, 11) is 0. The molecule has 6 rings (SSSR count). The van der Waals surface area contributed by atoms with Gasteiger partial charge in [-0.2, -0.15) is 0 Å². The zero-order chi connectivity index (χ0) is 24.6. The molecule has 4 aliphatic carbocycles. The van der Waals surface area contributed by atoms with Gasteiger partial charge in [0.2, 0.25) is 0 Å². The molecule has 5 fully saturated rings. The number of fused-ring (bicyclic) bond motifs is 5. The number of hydrogen-bond acceptors (Lipinski definition) is 6. The van der Waals surface area contributed by atoms with E-state index in [1.165, 1.54) is 19.3 Å². The molecule has 6 aliphatic rings. The summed E-state index contributed by atoms with van der Waals surface area (Å²) >= 11 is 0. The molecule has 4 saturated carbocycles. The lowest BCUT2D eigenvalue weighted by atomic mass is 9.43. The molecule has 0 spiro atoms. The largest absolute Gasteiger partial charge is 0.458 e. The zero-order valence-electron chi connectivity index (χ0n) is 21.8. The molecule has 0 radical (unpaired) electrons. The SMILES string of the molecule is CC1OC(OC2CCC3(C)C(CCC4C3CCC3(C)C(C5=CC(=O)OC5)CCC43O)C2)CCC1N. The highest BCUT2D eigenvalue weighted by Gasteiger charge is 2.67. The quantitative estimate of drug-likeness (QED) is 0.451. The summed E-state index contributed by atoms with van der Waals surface area (Å²) < 4.78 is 17.8. The second-order valence-electron chi connectivity index (χ2n) is 13.3. The van der Waals surface area contributed by atoms with E-state index in [2.05, 4.69) is 20.8 Å². The van der Waals surface area contributed by atoms with Crippen LogP contribution in [-0.4, -0.2) is 47.8 Å². The number of carbonyl (C=O) groups excluding carboxylic acids is 1. The Morgan fingerprint density at radius 3 is 2.60 bits per heavy atom. The smallest absolute Gasteiger partial charge is 0.331 e. The molecule has 2 heterocycles. The topological polar surface area (TPSA) is 91.0 Å². The molecule has 1 saturated heterocycles. The van der Waals surface area contributed by atoms with E-state index in [-0.39, 0.29) is 47.3 Å². The van der Waals surface area contributed by atoms with Crippen LogP contribution in [0.1, 0.15) is 91.4 Å². The lowest BCUT2D eigenvalue weighted by Crippen LogP contribution is -2.62. The van der Waals surface area contributed by atoms with Crippen LogP contribution >= 0.6 is 0 Å². The normalized spacial score (nSPS) is 53.9. The highest BCUT2D eigenvalue weighted by molar-refractivity contribution is 5.85. The van der Waals surface area contributed by atoms with E-state index in [0.29, 0.717) is 24.4 Å². The average Bonchev–Trinajstić information content (AvgIpc) is 3.36. The Balaban J connectivity index is 1.16. The van der Waals surface area contributed by atoms with Crippen molar-refractivity contribution in [2.75, 3.05) is 6.61 Å². The van der Waals surface area contributed by atoms with Crippen LogP contribution in [-0.2, 0) is 19.0 Å². The summed E-state index contributed by atoms with van der Waals surface area (Å²) in [6, 6.07) is 0.121. The summed E-state index contributed by atoms with van der Waals surface area (Å²) in [6.45, 7) is 7.30. The highest BCUT2D eigenvalue weighted by Crippen LogP contribution is 2.70. The van der Waals surface area contributed by atoms with Gasteiger partial charge in [0.05, 0.1) is 17.8 Å². The van der Waals surface area contributed by atoms with E-state index in [9.17, 15) is 9.90 Å². The first kappa shape index (κ1) is 24.4. The Kier molecular flexibility index (Phi) is 5.95. The Labute approximate surface area is 210 Å². The van der Waals surface area contributed by atoms with Crippen molar-refractivity contribution in [3.8, 4) is 0 Å². The fourth-order valence-electron chi connectivity index (χ4n) is 9.78. The van der Waals surface area contributed by atoms with E-state index in [4.69, 9.17) is 19.9 Å². The van der Waals surface area contributed by atoms with Gasteiger partial charge in [-0.1, -0.05) is 13.8 Å². The van der Waals surface area contributed by atoms with E-state index in [1.54, 1.807) is 6.08 Å². The van der Waals surface area contributed by atoms with E-state index in [1.807, 2.05) is 0 Å². The minimum Gasteiger partial charge on any atom is -0.458 e. The van der Waals surface area contributed by atoms with Gasteiger partial charge in [-0.3, -0.25) is 0 Å². The van der Waals surface area contributed by atoms with Crippen molar-refractivity contribution in [3.05, 3.63) is 11.6 Å². The van der Waals surface area contributed by atoms with Crippen LogP contribution in [0.4, 0.5) is 0 Å². The maximum Gasteiger partial charge on any atom is 0.331 e. The minimum absolute atomic E-state index is 0.0651. The number of rotatable bonds is 3. The van der Waals surface area contributed by atoms with Crippen molar-refractivity contribution >= 4 is 5.97 Å². The van der Waals surface area contributed by atoms with Crippen molar-refractivity contribution in [1.29, 1.82) is 0 Å². The van der Waals surface area contributed by atoms with Crippen LogP contribution in [0, 0.1) is 34.5 Å². The Bertz CT molecular complexity index is 890. The molecular formula is C29H45NO5. The number of aliphatic hydroxyl groups is 1. The van der Waals surface area contributed by atoms with Crippen molar-refractivity contribution in [2.45, 2.75) is 122 Å². The van der Waals surface area contributed by atoms with Gasteiger partial charge < -0.3 is 25.1 Å². The Hall–Kier alpha value is -0.950. The molecule has 6 heteroatoms. The molecule has 6 nitrogen and oxygen atoms in total. The van der Waals surface area contributed by atoms with Gasteiger partial charge in [0.15, 0.2) is 6.29 Å². The van der Waals surface area contributed by atoms with Gasteiger partial charge in [-0.25, -0.2) is 4.79 Å². The van der Waals surface area contributed by atoms with Crippen molar-refractivity contribution in [2.24, 2.45) is 40.2 Å². The first-order chi connectivity index (χ1) is 16.6. The molecule has 11 atom stereocenters. The third kappa shape index (κ3) is 3.68. The summed E-state index contributed by atoms with van der Waals surface area (Å²) in [5.74, 6) is 1.63.